The number of likely N-dealkylation sites (tertiary alicyclic amines) is 1. The fraction of sp³-hybridized carbons (Fsp3) is 0.679. The number of carbonyl (C=O) groups excluding carboxylic acids is 3. The number of methoxy groups -OCH3 is 1. The highest BCUT2D eigenvalue weighted by atomic mass is 16.5. The topological polar surface area (TPSA) is 91.4 Å². The monoisotopic (exact) mass is 512 g/mol. The van der Waals surface area contributed by atoms with Crippen molar-refractivity contribution in [2.75, 3.05) is 57.9 Å². The summed E-state index contributed by atoms with van der Waals surface area (Å²) in [6.45, 7) is 7.71. The van der Waals surface area contributed by atoms with E-state index in [2.05, 4.69) is 22.0 Å². The largest absolute Gasteiger partial charge is 0.377 e. The van der Waals surface area contributed by atoms with E-state index in [4.69, 9.17) is 9.47 Å². The van der Waals surface area contributed by atoms with E-state index in [0.717, 1.165) is 64.1 Å². The van der Waals surface area contributed by atoms with E-state index in [1.165, 1.54) is 6.42 Å². The molecule has 37 heavy (non-hydrogen) atoms. The molecular weight excluding hydrogens is 472 g/mol. The smallest absolute Gasteiger partial charge is 0.251 e. The molecule has 1 aliphatic carbocycles. The lowest BCUT2D eigenvalue weighted by atomic mass is 9.95. The van der Waals surface area contributed by atoms with Crippen LogP contribution in [0.4, 0.5) is 5.69 Å². The first-order valence-electron chi connectivity index (χ1n) is 13.9. The minimum absolute atomic E-state index is 0.000566. The summed E-state index contributed by atoms with van der Waals surface area (Å²) in [5.74, 6) is -0.485. The third-order valence-electron chi connectivity index (χ3n) is 8.55. The van der Waals surface area contributed by atoms with Crippen LogP contribution in [-0.2, 0) is 19.1 Å². The molecule has 4 atom stereocenters. The van der Waals surface area contributed by atoms with Crippen molar-refractivity contribution in [3.05, 3.63) is 29.8 Å². The third kappa shape index (κ3) is 5.40. The summed E-state index contributed by atoms with van der Waals surface area (Å²) in [6, 6.07) is 6.40. The Morgan fingerprint density at radius 1 is 1.11 bits per heavy atom. The van der Waals surface area contributed by atoms with Crippen molar-refractivity contribution in [2.45, 2.75) is 63.3 Å². The molecule has 0 radical (unpaired) electrons. The van der Waals surface area contributed by atoms with Gasteiger partial charge in [0.2, 0.25) is 5.91 Å². The molecule has 5 rings (SSSR count). The van der Waals surface area contributed by atoms with E-state index in [9.17, 15) is 14.4 Å². The van der Waals surface area contributed by atoms with Gasteiger partial charge in [0.1, 0.15) is 30.9 Å². The number of ketones is 1. The van der Waals surface area contributed by atoms with Crippen LogP contribution >= 0.6 is 0 Å². The number of carbonyl (C=O) groups is 3. The first kappa shape index (κ1) is 26.1. The van der Waals surface area contributed by atoms with Gasteiger partial charge in [0.15, 0.2) is 5.78 Å². The second-order valence-electron chi connectivity index (χ2n) is 10.8. The van der Waals surface area contributed by atoms with Crippen molar-refractivity contribution < 1.29 is 23.9 Å². The third-order valence-corrected chi connectivity index (χ3v) is 8.55. The summed E-state index contributed by atoms with van der Waals surface area (Å²) in [7, 11) is 1.58. The molecule has 4 aliphatic rings. The fourth-order valence-electron chi connectivity index (χ4n) is 6.49. The number of nitrogens with zero attached hydrogens (tertiary/aromatic N) is 3. The highest BCUT2D eigenvalue weighted by Crippen LogP contribution is 2.33. The average molecular weight is 513 g/mol. The van der Waals surface area contributed by atoms with Gasteiger partial charge in [-0.1, -0.05) is 19.8 Å². The van der Waals surface area contributed by atoms with Gasteiger partial charge in [-0.15, -0.1) is 0 Å². The second-order valence-corrected chi connectivity index (χ2v) is 10.8. The minimum atomic E-state index is -0.661. The van der Waals surface area contributed by atoms with Crippen molar-refractivity contribution >= 4 is 23.3 Å². The van der Waals surface area contributed by atoms with Crippen LogP contribution in [0.2, 0.25) is 0 Å². The molecule has 4 fully saturated rings. The maximum Gasteiger partial charge on any atom is 0.251 e. The second kappa shape index (κ2) is 11.5. The summed E-state index contributed by atoms with van der Waals surface area (Å²) in [4.78, 5) is 46.2. The zero-order valence-electron chi connectivity index (χ0n) is 22.1. The van der Waals surface area contributed by atoms with Gasteiger partial charge in [-0.05, 0) is 56.0 Å². The number of fused-ring (bicyclic) bond motifs is 1. The molecule has 202 valence electrons. The summed E-state index contributed by atoms with van der Waals surface area (Å²) < 4.78 is 11.2. The van der Waals surface area contributed by atoms with E-state index < -0.39 is 18.2 Å². The molecule has 0 spiro atoms. The molecule has 3 aliphatic heterocycles. The Kier molecular flexibility index (Phi) is 8.12. The van der Waals surface area contributed by atoms with Crippen LogP contribution in [0.3, 0.4) is 0 Å². The molecular formula is C28H40N4O5. The SMILES string of the molecule is CCCN1CCN(c2ccc(C(=O)N[C@H](C(=O)N3C[C@@H](OC)[C@H]4OCC(=O)[C@H]43)C3CCCC3)cc2)CC1. The highest BCUT2D eigenvalue weighted by Gasteiger charge is 2.54. The van der Waals surface area contributed by atoms with Crippen LogP contribution in [0.15, 0.2) is 24.3 Å². The number of anilines is 1. The van der Waals surface area contributed by atoms with Gasteiger partial charge in [0, 0.05) is 44.5 Å². The number of Topliss-reactive ketones (excluding diaryl/α,β-unsaturated/α-hetero) is 1. The van der Waals surface area contributed by atoms with Gasteiger partial charge in [-0.3, -0.25) is 19.3 Å². The predicted octanol–water partition coefficient (Wildman–Crippen LogP) is 1.70. The number of amides is 2. The van der Waals surface area contributed by atoms with E-state index >= 15 is 0 Å². The number of hydrogen-bond donors (Lipinski definition) is 1. The van der Waals surface area contributed by atoms with Crippen LogP contribution in [0, 0.1) is 5.92 Å². The molecule has 3 saturated heterocycles. The molecule has 0 bridgehead atoms. The van der Waals surface area contributed by atoms with Gasteiger partial charge in [-0.2, -0.15) is 0 Å². The molecule has 1 N–H and O–H groups in total. The summed E-state index contributed by atoms with van der Waals surface area (Å²) >= 11 is 0. The predicted molar refractivity (Wildman–Crippen MR) is 140 cm³/mol. The molecule has 0 unspecified atom stereocenters. The normalized spacial score (nSPS) is 27.5. The van der Waals surface area contributed by atoms with Crippen LogP contribution < -0.4 is 10.2 Å². The molecule has 9 nitrogen and oxygen atoms in total. The zero-order chi connectivity index (χ0) is 25.9. The van der Waals surface area contributed by atoms with Gasteiger partial charge in [-0.25, -0.2) is 0 Å². The van der Waals surface area contributed by atoms with Crippen molar-refractivity contribution in [1.82, 2.24) is 15.1 Å². The number of piperazine rings is 1. The Balaban J connectivity index is 1.27. The zero-order valence-corrected chi connectivity index (χ0v) is 22.1. The van der Waals surface area contributed by atoms with Gasteiger partial charge >= 0.3 is 0 Å². The van der Waals surface area contributed by atoms with Crippen LogP contribution in [-0.4, -0.2) is 105 Å². The van der Waals surface area contributed by atoms with Crippen molar-refractivity contribution in [3.8, 4) is 0 Å². The van der Waals surface area contributed by atoms with E-state index in [0.29, 0.717) is 12.1 Å². The quantitative estimate of drug-likeness (QED) is 0.567. The Hall–Kier alpha value is -2.49. The van der Waals surface area contributed by atoms with Crippen LogP contribution in [0.1, 0.15) is 49.4 Å². The minimum Gasteiger partial charge on any atom is -0.377 e. The fourth-order valence-corrected chi connectivity index (χ4v) is 6.49. The molecule has 1 aromatic carbocycles. The summed E-state index contributed by atoms with van der Waals surface area (Å²) in [5, 5.41) is 3.05. The Morgan fingerprint density at radius 2 is 1.81 bits per heavy atom. The Morgan fingerprint density at radius 3 is 2.46 bits per heavy atom. The number of nitrogens with one attached hydrogen (secondary N) is 1. The maximum absolute atomic E-state index is 13.8. The molecule has 1 saturated carbocycles. The van der Waals surface area contributed by atoms with E-state index in [1.807, 2.05) is 24.3 Å². The lowest BCUT2D eigenvalue weighted by molar-refractivity contribution is -0.139. The van der Waals surface area contributed by atoms with Crippen LogP contribution in [0.5, 0.6) is 0 Å². The number of benzene rings is 1. The summed E-state index contributed by atoms with van der Waals surface area (Å²) in [5.41, 5.74) is 1.66. The van der Waals surface area contributed by atoms with E-state index in [-0.39, 0.29) is 36.2 Å². The summed E-state index contributed by atoms with van der Waals surface area (Å²) in [6.07, 6.45) is 4.26. The van der Waals surface area contributed by atoms with Crippen LogP contribution in [0.25, 0.3) is 0 Å². The standard InChI is InChI=1S/C28H40N4O5/c1-3-12-30-13-15-31(16-14-30)21-10-8-20(9-11-21)27(34)29-24(19-6-4-5-7-19)28(35)32-17-23(36-2)26-25(32)22(33)18-37-26/h8-11,19,23-26H,3-7,12-18H2,1-2H3,(H,29,34)/t23-,24+,25-,26-/m1/s1. The first-order valence-corrected chi connectivity index (χ1v) is 13.9. The first-order chi connectivity index (χ1) is 18.0. The number of hydrogen-bond acceptors (Lipinski definition) is 7. The van der Waals surface area contributed by atoms with Crippen molar-refractivity contribution in [1.29, 1.82) is 0 Å². The van der Waals surface area contributed by atoms with Gasteiger partial charge in [0.05, 0.1) is 6.54 Å². The average Bonchev–Trinajstić information content (AvgIpc) is 3.67. The molecule has 1 aromatic rings. The van der Waals surface area contributed by atoms with Gasteiger partial charge in [0.25, 0.3) is 5.91 Å². The highest BCUT2D eigenvalue weighted by molar-refractivity contribution is 5.99. The molecule has 3 heterocycles. The van der Waals surface area contributed by atoms with E-state index in [1.54, 1.807) is 12.0 Å². The Bertz CT molecular complexity index is 971. The van der Waals surface area contributed by atoms with Crippen molar-refractivity contribution in [3.63, 3.8) is 0 Å². The number of ether oxygens (including phenoxy) is 2. The lowest BCUT2D eigenvalue weighted by Crippen LogP contribution is -2.54. The maximum atomic E-state index is 13.8. The molecule has 0 aromatic heterocycles. The Labute approximate surface area is 219 Å². The lowest BCUT2D eigenvalue weighted by Gasteiger charge is -2.36. The van der Waals surface area contributed by atoms with Crippen molar-refractivity contribution in [2.24, 2.45) is 5.92 Å². The molecule has 9 heteroatoms. The number of rotatable bonds is 8. The van der Waals surface area contributed by atoms with Gasteiger partial charge < -0.3 is 24.6 Å². The molecule has 2 amide bonds.